The Bertz CT molecular complexity index is 597. The van der Waals surface area contributed by atoms with Crippen molar-refractivity contribution in [3.8, 4) is 0 Å². The second-order valence-corrected chi connectivity index (χ2v) is 5.73. The van der Waals surface area contributed by atoms with Crippen LogP contribution in [0.25, 0.3) is 0 Å². The van der Waals surface area contributed by atoms with Crippen molar-refractivity contribution in [1.29, 1.82) is 0 Å². The van der Waals surface area contributed by atoms with Gasteiger partial charge in [0.05, 0.1) is 6.42 Å². The number of carbonyl (C=O) groups excluding carboxylic acids is 1. The average Bonchev–Trinajstić information content (AvgIpc) is 2.38. The van der Waals surface area contributed by atoms with Gasteiger partial charge in [-0.25, -0.2) is 0 Å². The number of aryl methyl sites for hydroxylation is 2. The molecule has 0 saturated carbocycles. The number of amides is 1. The Balaban J connectivity index is 2.04. The number of halogens is 1. The van der Waals surface area contributed by atoms with Gasteiger partial charge in [-0.2, -0.15) is 0 Å². The van der Waals surface area contributed by atoms with Gasteiger partial charge in [-0.1, -0.05) is 18.2 Å². The van der Waals surface area contributed by atoms with Crippen LogP contribution in [0.4, 0.5) is 11.4 Å². The zero-order valence-corrected chi connectivity index (χ0v) is 13.1. The van der Waals surface area contributed by atoms with E-state index < -0.39 is 0 Å². The number of benzene rings is 2. The first-order valence-electron chi connectivity index (χ1n) is 6.36. The third kappa shape index (κ3) is 3.61. The summed E-state index contributed by atoms with van der Waals surface area (Å²) in [7, 11) is 0. The third-order valence-corrected chi connectivity index (χ3v) is 3.91. The fourth-order valence-electron chi connectivity index (χ4n) is 1.91. The van der Waals surface area contributed by atoms with Crippen molar-refractivity contribution in [3.05, 3.63) is 57.6 Å². The molecule has 2 aromatic carbocycles. The molecule has 0 atom stereocenters. The van der Waals surface area contributed by atoms with E-state index in [1.165, 1.54) is 11.1 Å². The Hall–Kier alpha value is -1.81. The fourth-order valence-corrected chi connectivity index (χ4v) is 2.29. The second kappa shape index (κ2) is 6.09. The van der Waals surface area contributed by atoms with Crippen LogP contribution in [0, 0.1) is 13.8 Å². The van der Waals surface area contributed by atoms with Crippen LogP contribution in [0.1, 0.15) is 16.7 Å². The fraction of sp³-hybridized carbons (Fsp3) is 0.188. The zero-order valence-electron chi connectivity index (χ0n) is 11.5. The van der Waals surface area contributed by atoms with Crippen molar-refractivity contribution < 1.29 is 4.79 Å². The van der Waals surface area contributed by atoms with Gasteiger partial charge in [0.25, 0.3) is 0 Å². The van der Waals surface area contributed by atoms with Gasteiger partial charge in [0.15, 0.2) is 0 Å². The van der Waals surface area contributed by atoms with Crippen molar-refractivity contribution in [1.82, 2.24) is 0 Å². The maximum absolute atomic E-state index is 12.0. The van der Waals surface area contributed by atoms with E-state index in [2.05, 4.69) is 28.2 Å². The number of nitrogens with one attached hydrogen (secondary N) is 1. The largest absolute Gasteiger partial charge is 0.398 e. The highest BCUT2D eigenvalue weighted by Gasteiger charge is 2.06. The van der Waals surface area contributed by atoms with Gasteiger partial charge < -0.3 is 11.1 Å². The minimum atomic E-state index is -0.0371. The van der Waals surface area contributed by atoms with Crippen LogP contribution in [0.15, 0.2) is 40.9 Å². The summed E-state index contributed by atoms with van der Waals surface area (Å²) in [6.07, 6.45) is 0.364. The molecule has 2 aromatic rings. The zero-order chi connectivity index (χ0) is 14.7. The SMILES string of the molecule is Cc1ccc(CC(=O)Nc2ccc(N)c(Br)c2)cc1C. The molecule has 0 heterocycles. The smallest absolute Gasteiger partial charge is 0.228 e. The van der Waals surface area contributed by atoms with Crippen molar-refractivity contribution in [3.63, 3.8) is 0 Å². The Morgan fingerprint density at radius 3 is 2.55 bits per heavy atom. The number of carbonyl (C=O) groups is 1. The lowest BCUT2D eigenvalue weighted by Crippen LogP contribution is -2.14. The van der Waals surface area contributed by atoms with Crippen molar-refractivity contribution in [2.75, 3.05) is 11.1 Å². The number of anilines is 2. The highest BCUT2D eigenvalue weighted by molar-refractivity contribution is 9.10. The summed E-state index contributed by atoms with van der Waals surface area (Å²) in [6.45, 7) is 4.11. The van der Waals surface area contributed by atoms with Gasteiger partial charge >= 0.3 is 0 Å². The summed E-state index contributed by atoms with van der Waals surface area (Å²) in [5.41, 5.74) is 10.5. The molecule has 4 heteroatoms. The van der Waals surface area contributed by atoms with Gasteiger partial charge in [0, 0.05) is 15.8 Å². The minimum Gasteiger partial charge on any atom is -0.398 e. The maximum Gasteiger partial charge on any atom is 0.228 e. The van der Waals surface area contributed by atoms with Gasteiger partial charge in [-0.05, 0) is 64.7 Å². The van der Waals surface area contributed by atoms with Gasteiger partial charge in [-0.15, -0.1) is 0 Å². The van der Waals surface area contributed by atoms with Crippen LogP contribution in [0.2, 0.25) is 0 Å². The first kappa shape index (κ1) is 14.6. The van der Waals surface area contributed by atoms with E-state index in [1.807, 2.05) is 25.1 Å². The van der Waals surface area contributed by atoms with E-state index in [0.717, 1.165) is 15.7 Å². The molecule has 1 amide bonds. The molecule has 0 radical (unpaired) electrons. The van der Waals surface area contributed by atoms with E-state index in [1.54, 1.807) is 18.2 Å². The number of hydrogen-bond donors (Lipinski definition) is 2. The van der Waals surface area contributed by atoms with Crippen LogP contribution < -0.4 is 11.1 Å². The molecule has 0 saturated heterocycles. The normalized spacial score (nSPS) is 10.3. The predicted octanol–water partition coefficient (Wildman–Crippen LogP) is 3.83. The quantitative estimate of drug-likeness (QED) is 0.839. The van der Waals surface area contributed by atoms with Gasteiger partial charge in [0.2, 0.25) is 5.91 Å². The molecule has 0 bridgehead atoms. The third-order valence-electron chi connectivity index (χ3n) is 3.22. The van der Waals surface area contributed by atoms with Crippen LogP contribution in [-0.2, 0) is 11.2 Å². The highest BCUT2D eigenvalue weighted by Crippen LogP contribution is 2.23. The Labute approximate surface area is 127 Å². The van der Waals surface area contributed by atoms with E-state index in [4.69, 9.17) is 5.73 Å². The molecule has 0 spiro atoms. The van der Waals surface area contributed by atoms with E-state index in [9.17, 15) is 4.79 Å². The number of hydrogen-bond acceptors (Lipinski definition) is 2. The van der Waals surface area contributed by atoms with E-state index in [0.29, 0.717) is 12.1 Å². The summed E-state index contributed by atoms with van der Waals surface area (Å²) < 4.78 is 0.779. The lowest BCUT2D eigenvalue weighted by atomic mass is 10.0. The second-order valence-electron chi connectivity index (χ2n) is 4.88. The average molecular weight is 333 g/mol. The Morgan fingerprint density at radius 1 is 1.15 bits per heavy atom. The maximum atomic E-state index is 12.0. The standard InChI is InChI=1S/C16H17BrN2O/c1-10-3-4-12(7-11(10)2)8-16(20)19-13-5-6-15(18)14(17)9-13/h3-7,9H,8,18H2,1-2H3,(H,19,20). The van der Waals surface area contributed by atoms with Crippen LogP contribution >= 0.6 is 15.9 Å². The Kier molecular flexibility index (Phi) is 4.45. The number of nitrogens with two attached hydrogens (primary N) is 1. The van der Waals surface area contributed by atoms with Crippen LogP contribution in [0.5, 0.6) is 0 Å². The molecular weight excluding hydrogens is 316 g/mol. The molecular formula is C16H17BrN2O. The molecule has 0 aliphatic heterocycles. The number of rotatable bonds is 3. The molecule has 0 unspecified atom stereocenters. The van der Waals surface area contributed by atoms with Gasteiger partial charge in [0.1, 0.15) is 0 Å². The summed E-state index contributed by atoms with van der Waals surface area (Å²) >= 11 is 3.34. The summed E-state index contributed by atoms with van der Waals surface area (Å²) in [5, 5.41) is 2.87. The van der Waals surface area contributed by atoms with Crippen molar-refractivity contribution >= 4 is 33.2 Å². The molecule has 0 fully saturated rings. The van der Waals surface area contributed by atoms with E-state index in [-0.39, 0.29) is 5.91 Å². The Morgan fingerprint density at radius 2 is 1.90 bits per heavy atom. The predicted molar refractivity (Wildman–Crippen MR) is 86.8 cm³/mol. The lowest BCUT2D eigenvalue weighted by molar-refractivity contribution is -0.115. The first-order chi connectivity index (χ1) is 9.45. The van der Waals surface area contributed by atoms with Crippen LogP contribution in [-0.4, -0.2) is 5.91 Å². The molecule has 3 nitrogen and oxygen atoms in total. The van der Waals surface area contributed by atoms with Gasteiger partial charge in [-0.3, -0.25) is 4.79 Å². The molecule has 0 aromatic heterocycles. The molecule has 0 aliphatic carbocycles. The van der Waals surface area contributed by atoms with Crippen molar-refractivity contribution in [2.45, 2.75) is 20.3 Å². The molecule has 2 rings (SSSR count). The molecule has 0 aliphatic rings. The lowest BCUT2D eigenvalue weighted by Gasteiger charge is -2.08. The van der Waals surface area contributed by atoms with Crippen molar-refractivity contribution in [2.24, 2.45) is 0 Å². The molecule has 104 valence electrons. The molecule has 3 N–H and O–H groups in total. The summed E-state index contributed by atoms with van der Waals surface area (Å²) in [6, 6.07) is 11.4. The molecule has 20 heavy (non-hydrogen) atoms. The van der Waals surface area contributed by atoms with Crippen LogP contribution in [0.3, 0.4) is 0 Å². The summed E-state index contributed by atoms with van der Waals surface area (Å²) in [5.74, 6) is -0.0371. The summed E-state index contributed by atoms with van der Waals surface area (Å²) in [4.78, 5) is 12.0. The first-order valence-corrected chi connectivity index (χ1v) is 7.16. The minimum absolute atomic E-state index is 0.0371. The number of nitrogen functional groups attached to an aromatic ring is 1. The van der Waals surface area contributed by atoms with E-state index >= 15 is 0 Å². The topological polar surface area (TPSA) is 55.1 Å². The highest BCUT2D eigenvalue weighted by atomic mass is 79.9. The monoisotopic (exact) mass is 332 g/mol.